The van der Waals surface area contributed by atoms with Crippen LogP contribution in [0.1, 0.15) is 24.1 Å². The molecule has 1 saturated heterocycles. The molecular weight excluding hydrogens is 582 g/mol. The molecule has 2 heterocycles. The van der Waals surface area contributed by atoms with Crippen LogP contribution in [0.25, 0.3) is 0 Å². The maximum atomic E-state index is 13.6. The lowest BCUT2D eigenvalue weighted by Gasteiger charge is -2.39. The van der Waals surface area contributed by atoms with Crippen molar-refractivity contribution < 1.29 is 36.3 Å². The molecule has 2 N–H and O–H groups in total. The van der Waals surface area contributed by atoms with Crippen LogP contribution in [0, 0.1) is 0 Å². The molecule has 39 heavy (non-hydrogen) atoms. The molecule has 0 atom stereocenters. The van der Waals surface area contributed by atoms with E-state index in [0.29, 0.717) is 19.6 Å². The Balaban J connectivity index is 0.00000267. The molecule has 14 heteroatoms. The summed E-state index contributed by atoms with van der Waals surface area (Å²) >= 11 is 0. The molecular formula is C25H26Cl2F3N3O5S. The van der Waals surface area contributed by atoms with E-state index in [4.69, 9.17) is 4.74 Å². The summed E-state index contributed by atoms with van der Waals surface area (Å²) < 4.78 is 69.1. The number of halogens is 5. The second-order valence-electron chi connectivity index (χ2n) is 8.63. The fourth-order valence-electron chi connectivity index (χ4n) is 4.27. The number of carbonyl (C=O) groups excluding carboxylic acids is 1. The van der Waals surface area contributed by atoms with Crippen LogP contribution < -0.4 is 10.2 Å². The van der Waals surface area contributed by atoms with Crippen LogP contribution in [0.3, 0.4) is 0 Å². The molecule has 0 bridgehead atoms. The minimum Gasteiger partial charge on any atom is -0.457 e. The van der Waals surface area contributed by atoms with E-state index in [1.165, 1.54) is 29.7 Å². The van der Waals surface area contributed by atoms with Crippen molar-refractivity contribution in [3.05, 3.63) is 84.2 Å². The number of rotatable bonds is 7. The first kappa shape index (κ1) is 32.3. The van der Waals surface area contributed by atoms with Gasteiger partial charge in [0.25, 0.3) is 5.91 Å². The highest BCUT2D eigenvalue weighted by Gasteiger charge is 2.53. The summed E-state index contributed by atoms with van der Waals surface area (Å²) in [6.07, 6.45) is -2.89. The number of piperidine rings is 1. The zero-order chi connectivity index (χ0) is 26.7. The predicted molar refractivity (Wildman–Crippen MR) is 141 cm³/mol. The van der Waals surface area contributed by atoms with Gasteiger partial charge in [0.1, 0.15) is 11.5 Å². The van der Waals surface area contributed by atoms with Gasteiger partial charge >= 0.3 is 6.18 Å². The van der Waals surface area contributed by atoms with Gasteiger partial charge < -0.3 is 4.74 Å². The fraction of sp³-hybridized carbons (Fsp3) is 0.280. The van der Waals surface area contributed by atoms with Crippen molar-refractivity contribution in [3.8, 4) is 11.5 Å². The topological polar surface area (TPSA) is 109 Å². The summed E-state index contributed by atoms with van der Waals surface area (Å²) in [4.78, 5) is 18.8. The van der Waals surface area contributed by atoms with Crippen LogP contribution in [-0.2, 0) is 27.4 Å². The summed E-state index contributed by atoms with van der Waals surface area (Å²) in [5.41, 5.74) is 1.51. The van der Waals surface area contributed by atoms with Crippen molar-refractivity contribution in [2.75, 3.05) is 13.1 Å². The third-order valence-electron chi connectivity index (χ3n) is 6.36. The monoisotopic (exact) mass is 607 g/mol. The molecule has 0 saturated carbocycles. The Morgan fingerprint density at radius 2 is 1.54 bits per heavy atom. The second-order valence-corrected chi connectivity index (χ2v) is 10.9. The highest BCUT2D eigenvalue weighted by molar-refractivity contribution is 7.93. The molecule has 2 aromatic carbocycles. The molecule has 4 rings (SSSR count). The van der Waals surface area contributed by atoms with Gasteiger partial charge in [-0.1, -0.05) is 6.07 Å². The number of nitrogens with one attached hydrogen (secondary N) is 1. The van der Waals surface area contributed by atoms with Crippen molar-refractivity contribution in [1.82, 2.24) is 15.4 Å². The van der Waals surface area contributed by atoms with Gasteiger partial charge in [0.15, 0.2) is 14.6 Å². The predicted octanol–water partition coefficient (Wildman–Crippen LogP) is 5.05. The fourth-order valence-corrected chi connectivity index (χ4v) is 6.23. The molecule has 1 aliphatic heterocycles. The minimum absolute atomic E-state index is 0. The number of hydrogen-bond acceptors (Lipinski definition) is 7. The third-order valence-corrected chi connectivity index (χ3v) is 8.87. The number of amides is 1. The molecule has 1 aromatic heterocycles. The van der Waals surface area contributed by atoms with E-state index in [9.17, 15) is 31.6 Å². The number of pyridine rings is 1. The van der Waals surface area contributed by atoms with Gasteiger partial charge in [0.2, 0.25) is 0 Å². The maximum absolute atomic E-state index is 13.6. The Hall–Kier alpha value is -2.90. The summed E-state index contributed by atoms with van der Waals surface area (Å²) in [6.45, 7) is 1.07. The molecule has 0 aliphatic carbocycles. The second kappa shape index (κ2) is 13.0. The number of sulfone groups is 1. The lowest BCUT2D eigenvalue weighted by Crippen LogP contribution is -2.57. The number of alkyl halides is 3. The molecule has 1 fully saturated rings. The molecule has 0 spiro atoms. The van der Waals surface area contributed by atoms with Gasteiger partial charge in [-0.25, -0.2) is 13.9 Å². The van der Waals surface area contributed by atoms with E-state index in [1.54, 1.807) is 12.3 Å². The lowest BCUT2D eigenvalue weighted by atomic mass is 9.94. The smallest absolute Gasteiger partial charge is 0.416 e. The number of hydrogen-bond donors (Lipinski definition) is 2. The van der Waals surface area contributed by atoms with Crippen molar-refractivity contribution in [3.63, 3.8) is 0 Å². The molecule has 3 aromatic rings. The third kappa shape index (κ3) is 7.00. The molecule has 212 valence electrons. The average Bonchev–Trinajstić information content (AvgIpc) is 2.89. The summed E-state index contributed by atoms with van der Waals surface area (Å²) in [5, 5.41) is 9.36. The highest BCUT2D eigenvalue weighted by Crippen LogP contribution is 2.37. The number of aromatic nitrogens is 1. The normalized spacial score (nSPS) is 15.4. The largest absolute Gasteiger partial charge is 0.457 e. The van der Waals surface area contributed by atoms with Crippen molar-refractivity contribution >= 4 is 40.6 Å². The van der Waals surface area contributed by atoms with Gasteiger partial charge in [-0.3, -0.25) is 19.9 Å². The maximum Gasteiger partial charge on any atom is 0.416 e. The number of hydroxylamine groups is 1. The summed E-state index contributed by atoms with van der Waals surface area (Å²) in [5.74, 6) is -0.667. The number of carbonyl (C=O) groups is 1. The van der Waals surface area contributed by atoms with E-state index in [1.807, 2.05) is 17.0 Å². The van der Waals surface area contributed by atoms with Crippen LogP contribution in [0.15, 0.2) is 77.8 Å². The SMILES string of the molecule is Cl.Cl.O=C(NO)C1(S(=O)(=O)c2ccc(Oc3ccc(C(F)(F)F)cc3)cc2)CCN(Cc2ccccn2)CC1. The first-order valence-corrected chi connectivity index (χ1v) is 12.8. The number of ether oxygens (including phenoxy) is 1. The molecule has 1 aliphatic rings. The minimum atomic E-state index is -4.47. The zero-order valence-corrected chi connectivity index (χ0v) is 22.7. The van der Waals surface area contributed by atoms with Crippen molar-refractivity contribution in [2.24, 2.45) is 0 Å². The highest BCUT2D eigenvalue weighted by atomic mass is 35.5. The Bertz CT molecular complexity index is 1340. The number of benzene rings is 2. The number of nitrogens with zero attached hydrogens (tertiary/aromatic N) is 2. The summed E-state index contributed by atoms with van der Waals surface area (Å²) in [6, 6.07) is 14.8. The Kier molecular flexibility index (Phi) is 10.7. The lowest BCUT2D eigenvalue weighted by molar-refractivity contribution is -0.137. The van der Waals surface area contributed by atoms with Gasteiger partial charge in [0.05, 0.1) is 16.2 Å². The number of likely N-dealkylation sites (tertiary alicyclic amines) is 1. The molecule has 8 nitrogen and oxygen atoms in total. The van der Waals surface area contributed by atoms with Crippen LogP contribution >= 0.6 is 24.8 Å². The van der Waals surface area contributed by atoms with Gasteiger partial charge in [0, 0.05) is 25.8 Å². The Morgan fingerprint density at radius 1 is 0.974 bits per heavy atom. The zero-order valence-electron chi connectivity index (χ0n) is 20.3. The molecule has 0 unspecified atom stereocenters. The quantitative estimate of drug-likeness (QED) is 0.286. The summed E-state index contributed by atoms with van der Waals surface area (Å²) in [7, 11) is -4.24. The van der Waals surface area contributed by atoms with Gasteiger partial charge in [-0.15, -0.1) is 24.8 Å². The van der Waals surface area contributed by atoms with Crippen LogP contribution in [0.4, 0.5) is 13.2 Å². The van der Waals surface area contributed by atoms with Crippen molar-refractivity contribution in [2.45, 2.75) is 35.2 Å². The van der Waals surface area contributed by atoms with Gasteiger partial charge in [-0.2, -0.15) is 13.2 Å². The van der Waals surface area contributed by atoms with Crippen LogP contribution in [0.2, 0.25) is 0 Å². The van der Waals surface area contributed by atoms with E-state index >= 15 is 0 Å². The van der Waals surface area contributed by atoms with E-state index in [2.05, 4.69) is 4.98 Å². The Labute approximate surface area is 235 Å². The Morgan fingerprint density at radius 3 is 2.03 bits per heavy atom. The molecule has 0 radical (unpaired) electrons. The standard InChI is InChI=1S/C25H24F3N3O5S.2ClH/c26-25(27,28)18-4-6-20(7-5-18)36-21-8-10-22(11-9-21)37(34,35)24(23(32)30-33)12-15-31(16-13-24)17-19-3-1-2-14-29-19;;/h1-11,14,33H,12-13,15-17H2,(H,30,32);2*1H. The van der Waals surface area contributed by atoms with Crippen LogP contribution in [0.5, 0.6) is 11.5 Å². The average molecular weight is 608 g/mol. The van der Waals surface area contributed by atoms with Gasteiger partial charge in [-0.05, 0) is 73.5 Å². The first-order valence-electron chi connectivity index (χ1n) is 11.3. The van der Waals surface area contributed by atoms with Crippen LogP contribution in [-0.4, -0.2) is 47.3 Å². The van der Waals surface area contributed by atoms with Crippen molar-refractivity contribution in [1.29, 1.82) is 0 Å². The van der Waals surface area contributed by atoms with E-state index in [-0.39, 0.29) is 54.1 Å². The van der Waals surface area contributed by atoms with E-state index in [0.717, 1.165) is 30.0 Å². The van der Waals surface area contributed by atoms with E-state index < -0.39 is 32.2 Å². The molecule has 1 amide bonds. The first-order chi connectivity index (χ1) is 17.5.